The van der Waals surface area contributed by atoms with Crippen molar-refractivity contribution < 1.29 is 24.0 Å². The number of nitrogens with zero attached hydrogens (tertiary/aromatic N) is 2. The molecule has 0 saturated carbocycles. The van der Waals surface area contributed by atoms with Crippen molar-refractivity contribution in [2.24, 2.45) is 0 Å². The van der Waals surface area contributed by atoms with E-state index in [1.165, 1.54) is 24.0 Å². The fourth-order valence-corrected chi connectivity index (χ4v) is 2.74. The minimum Gasteiger partial charge on any atom is -0.480 e. The molecule has 1 heterocycles. The lowest BCUT2D eigenvalue weighted by molar-refractivity contribution is -0.384. The summed E-state index contributed by atoms with van der Waals surface area (Å²) in [6.45, 7) is 1.32. The molecule has 2 aromatic carbocycles. The predicted octanol–water partition coefficient (Wildman–Crippen LogP) is 2.16. The molecule has 9 heteroatoms. The molecule has 0 aromatic heterocycles. The topological polar surface area (TPSA) is 119 Å². The van der Waals surface area contributed by atoms with Crippen LogP contribution >= 0.6 is 0 Å². The molecule has 0 aliphatic carbocycles. The minimum absolute atomic E-state index is 0.0411. The van der Waals surface area contributed by atoms with Crippen molar-refractivity contribution in [2.45, 2.75) is 13.0 Å². The maximum absolute atomic E-state index is 12.8. The molecule has 1 aliphatic heterocycles. The first-order valence-electron chi connectivity index (χ1n) is 8.01. The number of nitro groups is 1. The molecule has 0 unspecified atom stereocenters. The standard InChI is InChI=1S/C18H15N3O6/c1-11(27-16-7-6-13(21(25)26)8-12(16)10-22)18(24)20-9-17(23)19-14-4-2-3-5-15(14)20/h2-8,10-11H,9H2,1H3,(H,19,23)/t11-/m0/s1. The molecule has 0 spiro atoms. The van der Waals surface area contributed by atoms with Gasteiger partial charge in [0, 0.05) is 12.1 Å². The van der Waals surface area contributed by atoms with Crippen LogP contribution in [0.5, 0.6) is 5.75 Å². The van der Waals surface area contributed by atoms with E-state index in [2.05, 4.69) is 5.32 Å². The number of nitro benzene ring substituents is 1. The number of hydrogen-bond donors (Lipinski definition) is 1. The normalized spacial score (nSPS) is 14.0. The van der Waals surface area contributed by atoms with Gasteiger partial charge in [-0.3, -0.25) is 29.4 Å². The molecule has 138 valence electrons. The molecule has 27 heavy (non-hydrogen) atoms. The number of carbonyl (C=O) groups is 3. The first-order valence-corrected chi connectivity index (χ1v) is 8.01. The number of ether oxygens (including phenoxy) is 1. The summed E-state index contributed by atoms with van der Waals surface area (Å²) in [5.41, 5.74) is 0.751. The van der Waals surface area contributed by atoms with Crippen molar-refractivity contribution in [1.82, 2.24) is 0 Å². The summed E-state index contributed by atoms with van der Waals surface area (Å²) in [4.78, 5) is 47.4. The molecule has 0 fully saturated rings. The third-order valence-electron chi connectivity index (χ3n) is 4.02. The van der Waals surface area contributed by atoms with Crippen LogP contribution < -0.4 is 15.0 Å². The van der Waals surface area contributed by atoms with Crippen molar-refractivity contribution in [3.05, 3.63) is 58.1 Å². The fraction of sp³-hybridized carbons (Fsp3) is 0.167. The molecule has 1 N–H and O–H groups in total. The number of non-ortho nitro benzene ring substituents is 1. The lowest BCUT2D eigenvalue weighted by atomic mass is 10.1. The number of benzene rings is 2. The Balaban J connectivity index is 1.84. The van der Waals surface area contributed by atoms with Gasteiger partial charge in [-0.15, -0.1) is 0 Å². The van der Waals surface area contributed by atoms with Gasteiger partial charge in [-0.2, -0.15) is 0 Å². The zero-order valence-corrected chi connectivity index (χ0v) is 14.2. The van der Waals surface area contributed by atoms with E-state index < -0.39 is 16.9 Å². The van der Waals surface area contributed by atoms with Crippen LogP contribution in [0.2, 0.25) is 0 Å². The molecule has 0 bridgehead atoms. The first-order chi connectivity index (χ1) is 12.9. The molecule has 0 saturated heterocycles. The Hall–Kier alpha value is -3.75. The Bertz CT molecular complexity index is 942. The third-order valence-corrected chi connectivity index (χ3v) is 4.02. The van der Waals surface area contributed by atoms with Gasteiger partial charge in [0.25, 0.3) is 11.6 Å². The number of hydrogen-bond acceptors (Lipinski definition) is 6. The number of para-hydroxylation sites is 2. The fourth-order valence-electron chi connectivity index (χ4n) is 2.74. The van der Waals surface area contributed by atoms with Crippen molar-refractivity contribution in [1.29, 1.82) is 0 Å². The Morgan fingerprint density at radius 1 is 1.33 bits per heavy atom. The van der Waals surface area contributed by atoms with Gasteiger partial charge >= 0.3 is 0 Å². The monoisotopic (exact) mass is 369 g/mol. The van der Waals surface area contributed by atoms with E-state index in [4.69, 9.17) is 4.74 Å². The van der Waals surface area contributed by atoms with Crippen LogP contribution in [0.15, 0.2) is 42.5 Å². The van der Waals surface area contributed by atoms with E-state index in [0.29, 0.717) is 17.7 Å². The van der Waals surface area contributed by atoms with Crippen molar-refractivity contribution >= 4 is 35.2 Å². The highest BCUT2D eigenvalue weighted by Crippen LogP contribution is 2.30. The quantitative estimate of drug-likeness (QED) is 0.490. The van der Waals surface area contributed by atoms with Crippen molar-refractivity contribution in [3.8, 4) is 5.75 Å². The Morgan fingerprint density at radius 3 is 2.78 bits per heavy atom. The minimum atomic E-state index is -1.02. The highest BCUT2D eigenvalue weighted by atomic mass is 16.6. The lowest BCUT2D eigenvalue weighted by Gasteiger charge is -2.31. The lowest BCUT2D eigenvalue weighted by Crippen LogP contribution is -2.47. The second kappa shape index (κ2) is 7.24. The van der Waals surface area contributed by atoms with Gasteiger partial charge in [0.15, 0.2) is 12.4 Å². The summed E-state index contributed by atoms with van der Waals surface area (Å²) < 4.78 is 5.56. The van der Waals surface area contributed by atoms with Gasteiger partial charge in [-0.25, -0.2) is 0 Å². The summed E-state index contributed by atoms with van der Waals surface area (Å²) >= 11 is 0. The summed E-state index contributed by atoms with van der Waals surface area (Å²) in [6.07, 6.45) is -0.604. The Labute approximate surface area is 153 Å². The SMILES string of the molecule is C[C@H](Oc1ccc([N+](=O)[O-])cc1C=O)C(=O)N1CC(=O)Nc2ccccc21. The highest BCUT2D eigenvalue weighted by Gasteiger charge is 2.31. The van der Waals surface area contributed by atoms with E-state index in [1.807, 2.05) is 0 Å². The predicted molar refractivity (Wildman–Crippen MR) is 96.0 cm³/mol. The van der Waals surface area contributed by atoms with E-state index in [0.717, 1.165) is 6.07 Å². The van der Waals surface area contributed by atoms with Crippen LogP contribution in [0, 0.1) is 10.1 Å². The second-order valence-corrected chi connectivity index (χ2v) is 5.85. The van der Waals surface area contributed by atoms with E-state index in [9.17, 15) is 24.5 Å². The molecular weight excluding hydrogens is 354 g/mol. The van der Waals surface area contributed by atoms with Gasteiger partial charge in [-0.1, -0.05) is 12.1 Å². The second-order valence-electron chi connectivity index (χ2n) is 5.85. The smallest absolute Gasteiger partial charge is 0.270 e. The molecule has 1 atom stereocenters. The number of anilines is 2. The summed E-state index contributed by atoms with van der Waals surface area (Å²) in [5.74, 6) is -0.767. The van der Waals surface area contributed by atoms with E-state index in [1.54, 1.807) is 24.3 Å². The zero-order valence-electron chi connectivity index (χ0n) is 14.2. The molecule has 3 rings (SSSR count). The van der Waals surface area contributed by atoms with Gasteiger partial charge in [-0.05, 0) is 25.1 Å². The number of rotatable bonds is 5. The van der Waals surface area contributed by atoms with Crippen molar-refractivity contribution in [2.75, 3.05) is 16.8 Å². The van der Waals surface area contributed by atoms with Gasteiger partial charge < -0.3 is 10.1 Å². The third kappa shape index (κ3) is 3.61. The Kier molecular flexibility index (Phi) is 4.84. The van der Waals surface area contributed by atoms with Crippen LogP contribution in [-0.4, -0.2) is 35.7 Å². The van der Waals surface area contributed by atoms with Crippen LogP contribution in [0.4, 0.5) is 17.1 Å². The summed E-state index contributed by atoms with van der Waals surface area (Å²) in [6, 6.07) is 10.4. The van der Waals surface area contributed by atoms with Crippen molar-refractivity contribution in [3.63, 3.8) is 0 Å². The largest absolute Gasteiger partial charge is 0.480 e. The van der Waals surface area contributed by atoms with Crippen LogP contribution in [0.1, 0.15) is 17.3 Å². The number of amides is 2. The van der Waals surface area contributed by atoms with Gasteiger partial charge in [0.05, 0.1) is 21.9 Å². The number of fused-ring (bicyclic) bond motifs is 1. The molecule has 1 aliphatic rings. The molecular formula is C18H15N3O6. The summed E-state index contributed by atoms with van der Waals surface area (Å²) in [7, 11) is 0. The van der Waals surface area contributed by atoms with Gasteiger partial charge in [0.2, 0.25) is 5.91 Å². The number of aldehydes is 1. The number of nitrogens with one attached hydrogen (secondary N) is 1. The number of carbonyl (C=O) groups excluding carboxylic acids is 3. The maximum Gasteiger partial charge on any atom is 0.270 e. The van der Waals surface area contributed by atoms with Crippen LogP contribution in [-0.2, 0) is 9.59 Å². The molecule has 2 aromatic rings. The van der Waals surface area contributed by atoms with Gasteiger partial charge in [0.1, 0.15) is 12.3 Å². The summed E-state index contributed by atoms with van der Waals surface area (Å²) in [5, 5.41) is 13.5. The van der Waals surface area contributed by atoms with E-state index in [-0.39, 0.29) is 29.5 Å². The average molecular weight is 369 g/mol. The zero-order chi connectivity index (χ0) is 19.6. The maximum atomic E-state index is 12.8. The molecule has 0 radical (unpaired) electrons. The van der Waals surface area contributed by atoms with Crippen LogP contribution in [0.25, 0.3) is 0 Å². The molecule has 9 nitrogen and oxygen atoms in total. The molecule has 2 amide bonds. The van der Waals surface area contributed by atoms with Crippen LogP contribution in [0.3, 0.4) is 0 Å². The van der Waals surface area contributed by atoms with E-state index >= 15 is 0 Å². The Morgan fingerprint density at radius 2 is 2.07 bits per heavy atom. The first kappa shape index (κ1) is 18.1. The highest BCUT2D eigenvalue weighted by molar-refractivity contribution is 6.10. The average Bonchev–Trinajstić information content (AvgIpc) is 2.66.